The first-order valence-electron chi connectivity index (χ1n) is 8.89. The number of amides is 1. The van der Waals surface area contributed by atoms with Crippen LogP contribution < -0.4 is 15.8 Å². The Bertz CT molecular complexity index is 946. The number of hydrogen-bond donors (Lipinski definition) is 3. The number of hydrogen-bond acceptors (Lipinski definition) is 6. The van der Waals surface area contributed by atoms with Gasteiger partial charge in [-0.05, 0) is 37.1 Å². The molecule has 29 heavy (non-hydrogen) atoms. The summed E-state index contributed by atoms with van der Waals surface area (Å²) in [6.45, 7) is 0.801. The van der Waals surface area contributed by atoms with Crippen LogP contribution in [-0.4, -0.2) is 53.1 Å². The Labute approximate surface area is 165 Å². The number of nitrogen functional groups attached to an aromatic ring is 1. The molecule has 0 bridgehead atoms. The van der Waals surface area contributed by atoms with Gasteiger partial charge in [0.1, 0.15) is 22.9 Å². The number of halogens is 2. The van der Waals surface area contributed by atoms with Gasteiger partial charge in [-0.15, -0.1) is 0 Å². The Hall–Kier alpha value is -3.43. The first kappa shape index (κ1) is 20.3. The maximum atomic E-state index is 14.2. The van der Waals surface area contributed by atoms with Crippen LogP contribution in [0.5, 0.6) is 5.75 Å². The number of piperidine rings is 1. The number of pyridine rings is 1. The molecule has 0 atom stereocenters. The molecule has 1 fully saturated rings. The van der Waals surface area contributed by atoms with Gasteiger partial charge in [0.15, 0.2) is 11.6 Å². The summed E-state index contributed by atoms with van der Waals surface area (Å²) in [6.07, 6.45) is 0.245. The molecule has 0 radical (unpaired) electrons. The zero-order valence-corrected chi connectivity index (χ0v) is 15.6. The number of methoxy groups -OCH3 is 1. The Morgan fingerprint density at radius 2 is 1.93 bits per heavy atom. The molecule has 1 saturated heterocycles. The highest BCUT2D eigenvalue weighted by atomic mass is 19.2. The van der Waals surface area contributed by atoms with Gasteiger partial charge in [-0.3, -0.25) is 4.79 Å². The van der Waals surface area contributed by atoms with Gasteiger partial charge >= 0.3 is 6.09 Å². The van der Waals surface area contributed by atoms with Crippen molar-refractivity contribution in [3.8, 4) is 5.75 Å². The smallest absolute Gasteiger partial charge is 0.407 e. The molecule has 1 aliphatic rings. The van der Waals surface area contributed by atoms with Gasteiger partial charge in [-0.25, -0.2) is 18.6 Å². The summed E-state index contributed by atoms with van der Waals surface area (Å²) in [4.78, 5) is 29.2. The van der Waals surface area contributed by atoms with Crippen LogP contribution in [0.3, 0.4) is 0 Å². The fourth-order valence-electron chi connectivity index (χ4n) is 3.22. The minimum absolute atomic E-state index is 0.000177. The maximum Gasteiger partial charge on any atom is 0.407 e. The monoisotopic (exact) mass is 406 g/mol. The number of carboxylic acid groups (broad SMARTS) is 1. The Morgan fingerprint density at radius 3 is 2.52 bits per heavy atom. The van der Waals surface area contributed by atoms with E-state index in [2.05, 4.69) is 10.3 Å². The Morgan fingerprint density at radius 1 is 1.24 bits per heavy atom. The summed E-state index contributed by atoms with van der Waals surface area (Å²) >= 11 is 0. The van der Waals surface area contributed by atoms with E-state index in [1.807, 2.05) is 0 Å². The number of aromatic nitrogens is 1. The zero-order valence-electron chi connectivity index (χ0n) is 15.6. The van der Waals surface area contributed by atoms with Gasteiger partial charge in [-0.2, -0.15) is 0 Å². The second-order valence-corrected chi connectivity index (χ2v) is 6.59. The van der Waals surface area contributed by atoms with Crippen molar-refractivity contribution in [1.29, 1.82) is 0 Å². The average molecular weight is 406 g/mol. The van der Waals surface area contributed by atoms with E-state index in [9.17, 15) is 18.4 Å². The van der Waals surface area contributed by atoms with Gasteiger partial charge < -0.3 is 25.8 Å². The summed E-state index contributed by atoms with van der Waals surface area (Å²) in [6, 6.07) is 4.92. The van der Waals surface area contributed by atoms with Crippen molar-refractivity contribution >= 4 is 23.5 Å². The zero-order chi connectivity index (χ0) is 21.1. The molecule has 154 valence electrons. The molecule has 10 heteroatoms. The van der Waals surface area contributed by atoms with Gasteiger partial charge in [-0.1, -0.05) is 0 Å². The lowest BCUT2D eigenvalue weighted by Crippen LogP contribution is -2.41. The molecule has 1 amide bonds. The summed E-state index contributed by atoms with van der Waals surface area (Å²) in [7, 11) is 1.24. The quantitative estimate of drug-likeness (QED) is 0.654. The van der Waals surface area contributed by atoms with Crippen LogP contribution in [0.2, 0.25) is 0 Å². The number of ether oxygens (including phenoxy) is 1. The Kier molecular flexibility index (Phi) is 5.81. The van der Waals surface area contributed by atoms with Crippen LogP contribution in [0, 0.1) is 11.6 Å². The van der Waals surface area contributed by atoms with Crippen molar-refractivity contribution in [1.82, 2.24) is 9.88 Å². The topological polar surface area (TPSA) is 118 Å². The number of carbonyl (C=O) groups is 2. The number of nitrogens with two attached hydrogens (primary N) is 1. The summed E-state index contributed by atoms with van der Waals surface area (Å²) in [5.74, 6) is -3.19. The lowest BCUT2D eigenvalue weighted by atomic mass is 10.0. The number of likely N-dealkylation sites (tertiary alicyclic amines) is 1. The standard InChI is InChI=1S/C19H20F2N4O4/c1-29-13-4-3-12(20)16(21)15(13)17(26)11-2-5-14(24-18(11)22)23-10-6-8-25(9-7-10)19(27)28/h2-5,10H,6-9H2,1H3,(H,27,28)(H3,22,23,24). The highest BCUT2D eigenvalue weighted by molar-refractivity contribution is 6.13. The molecule has 0 saturated carbocycles. The van der Waals surface area contributed by atoms with E-state index in [-0.39, 0.29) is 23.2 Å². The molecule has 2 heterocycles. The third-order valence-electron chi connectivity index (χ3n) is 4.79. The van der Waals surface area contributed by atoms with Crippen molar-refractivity contribution in [2.24, 2.45) is 0 Å². The summed E-state index contributed by atoms with van der Waals surface area (Å²) in [5.41, 5.74) is 5.25. The number of nitrogens with zero attached hydrogens (tertiary/aromatic N) is 2. The Balaban J connectivity index is 1.78. The third kappa shape index (κ3) is 4.20. The lowest BCUT2D eigenvalue weighted by Gasteiger charge is -2.30. The molecular weight excluding hydrogens is 386 g/mol. The first-order valence-corrected chi connectivity index (χ1v) is 8.89. The van der Waals surface area contributed by atoms with E-state index in [0.717, 1.165) is 12.1 Å². The van der Waals surface area contributed by atoms with E-state index in [0.29, 0.717) is 31.7 Å². The highest BCUT2D eigenvalue weighted by Gasteiger charge is 2.26. The van der Waals surface area contributed by atoms with E-state index >= 15 is 0 Å². The van der Waals surface area contributed by atoms with Crippen molar-refractivity contribution in [3.05, 3.63) is 47.0 Å². The number of rotatable bonds is 5. The summed E-state index contributed by atoms with van der Waals surface area (Å²) < 4.78 is 32.8. The van der Waals surface area contributed by atoms with Crippen LogP contribution in [0.1, 0.15) is 28.8 Å². The molecule has 0 unspecified atom stereocenters. The molecule has 1 aromatic carbocycles. The molecule has 0 aliphatic carbocycles. The number of carbonyl (C=O) groups excluding carboxylic acids is 1. The van der Waals surface area contributed by atoms with E-state index < -0.39 is 29.1 Å². The van der Waals surface area contributed by atoms with Crippen LogP contribution in [0.15, 0.2) is 24.3 Å². The molecule has 4 N–H and O–H groups in total. The third-order valence-corrected chi connectivity index (χ3v) is 4.79. The molecule has 1 aromatic heterocycles. The second-order valence-electron chi connectivity index (χ2n) is 6.59. The average Bonchev–Trinajstić information content (AvgIpc) is 2.70. The van der Waals surface area contributed by atoms with Gasteiger partial charge in [0.2, 0.25) is 5.78 Å². The second kappa shape index (κ2) is 8.29. The van der Waals surface area contributed by atoms with Gasteiger partial charge in [0.05, 0.1) is 12.7 Å². The van der Waals surface area contributed by atoms with E-state index in [4.69, 9.17) is 15.6 Å². The van der Waals surface area contributed by atoms with Crippen LogP contribution in [0.4, 0.5) is 25.2 Å². The molecular formula is C19H20F2N4O4. The normalized spacial score (nSPS) is 14.5. The van der Waals surface area contributed by atoms with Gasteiger partial charge in [0, 0.05) is 19.1 Å². The van der Waals surface area contributed by atoms with E-state index in [1.165, 1.54) is 24.1 Å². The highest BCUT2D eigenvalue weighted by Crippen LogP contribution is 2.28. The summed E-state index contributed by atoms with van der Waals surface area (Å²) in [5, 5.41) is 12.1. The lowest BCUT2D eigenvalue weighted by molar-refractivity contribution is 0.103. The predicted molar refractivity (Wildman–Crippen MR) is 101 cm³/mol. The van der Waals surface area contributed by atoms with Crippen molar-refractivity contribution < 1.29 is 28.2 Å². The van der Waals surface area contributed by atoms with E-state index in [1.54, 1.807) is 0 Å². The fraction of sp³-hybridized carbons (Fsp3) is 0.316. The maximum absolute atomic E-state index is 14.2. The number of benzene rings is 1. The predicted octanol–water partition coefficient (Wildman–Crippen LogP) is 2.74. The minimum Gasteiger partial charge on any atom is -0.496 e. The number of anilines is 2. The molecule has 3 rings (SSSR count). The van der Waals surface area contributed by atoms with Crippen molar-refractivity contribution in [2.75, 3.05) is 31.2 Å². The minimum atomic E-state index is -1.32. The van der Waals surface area contributed by atoms with Crippen LogP contribution >= 0.6 is 0 Å². The van der Waals surface area contributed by atoms with Crippen molar-refractivity contribution in [2.45, 2.75) is 18.9 Å². The van der Waals surface area contributed by atoms with Crippen LogP contribution in [-0.2, 0) is 0 Å². The number of ketones is 1. The first-order chi connectivity index (χ1) is 13.8. The fourth-order valence-corrected chi connectivity index (χ4v) is 3.22. The van der Waals surface area contributed by atoms with Gasteiger partial charge in [0.25, 0.3) is 0 Å². The SMILES string of the molecule is COc1ccc(F)c(F)c1C(=O)c1ccc(NC2CCN(C(=O)O)CC2)nc1N. The molecule has 1 aliphatic heterocycles. The van der Waals surface area contributed by atoms with Crippen molar-refractivity contribution in [3.63, 3.8) is 0 Å². The number of nitrogens with one attached hydrogen (secondary N) is 1. The molecule has 8 nitrogen and oxygen atoms in total. The molecule has 2 aromatic rings. The van der Waals surface area contributed by atoms with Crippen LogP contribution in [0.25, 0.3) is 0 Å². The molecule has 0 spiro atoms. The largest absolute Gasteiger partial charge is 0.496 e.